The Kier molecular flexibility index (Phi) is 36.6. The summed E-state index contributed by atoms with van der Waals surface area (Å²) < 4.78 is 6.00. The number of carboxylic acid groups (broad SMARTS) is 1. The molecule has 1 unspecified atom stereocenters. The van der Waals surface area contributed by atoms with Crippen molar-refractivity contribution >= 4 is 11.9 Å². The van der Waals surface area contributed by atoms with Gasteiger partial charge in [0.2, 0.25) is 0 Å². The molecule has 1 N–H and O–H groups in total. The molecule has 0 amide bonds. The van der Waals surface area contributed by atoms with Crippen molar-refractivity contribution in [3.8, 4) is 0 Å². The minimum atomic E-state index is -0.700. The Hall–Kier alpha value is -1.58. The van der Waals surface area contributed by atoms with Crippen LogP contribution in [-0.4, -0.2) is 23.1 Å². The number of unbranched alkanes of at least 4 members (excludes halogenated alkanes) is 24. The van der Waals surface area contributed by atoms with Gasteiger partial charge in [0.25, 0.3) is 0 Å². The Morgan fingerprint density at radius 3 is 1.30 bits per heavy atom. The van der Waals surface area contributed by atoms with Crippen LogP contribution in [0.3, 0.4) is 0 Å². The number of carbonyl (C=O) groups excluding carboxylic acids is 1. The summed E-state index contributed by atoms with van der Waals surface area (Å²) >= 11 is 0. The molecule has 0 bridgehead atoms. The zero-order valence-corrected chi connectivity index (χ0v) is 30.9. The van der Waals surface area contributed by atoms with E-state index in [-0.39, 0.29) is 18.5 Å². The van der Waals surface area contributed by atoms with Crippen molar-refractivity contribution in [3.63, 3.8) is 0 Å². The number of carbonyl (C=O) groups is 2. The zero-order valence-electron chi connectivity index (χ0n) is 30.9. The summed E-state index contributed by atoms with van der Waals surface area (Å²) in [5.74, 6) is -0.703. The minimum absolute atomic E-state index is 0.00309. The maximum Gasteiger partial charge on any atom is 0.306 e. The van der Waals surface area contributed by atoms with Gasteiger partial charge >= 0.3 is 11.9 Å². The summed E-state index contributed by atoms with van der Waals surface area (Å²) in [4.78, 5) is 23.4. The van der Waals surface area contributed by atoms with Gasteiger partial charge < -0.3 is 9.84 Å². The molecule has 0 radical (unpaired) electrons. The Morgan fingerprint density at radius 2 is 0.848 bits per heavy atom. The second kappa shape index (κ2) is 37.9. The first-order chi connectivity index (χ1) is 22.6. The number of rotatable bonds is 37. The second-order valence-electron chi connectivity index (χ2n) is 13.8. The molecule has 0 aliphatic carbocycles. The molecule has 1 atom stereocenters. The van der Waals surface area contributed by atoms with Crippen LogP contribution in [0.4, 0.5) is 0 Å². The molecule has 0 saturated heterocycles. The minimum Gasteiger partial charge on any atom is -0.481 e. The summed E-state index contributed by atoms with van der Waals surface area (Å²) in [5.41, 5.74) is 0. The fourth-order valence-electron chi connectivity index (χ4n) is 6.16. The van der Waals surface area contributed by atoms with E-state index in [4.69, 9.17) is 9.84 Å². The topological polar surface area (TPSA) is 63.6 Å². The maximum absolute atomic E-state index is 12.7. The quantitative estimate of drug-likeness (QED) is 0.0414. The molecule has 0 fully saturated rings. The third-order valence-corrected chi connectivity index (χ3v) is 9.18. The molecule has 0 saturated carbocycles. The molecular weight excluding hydrogens is 568 g/mol. The molecule has 0 aliphatic rings. The number of hydrogen-bond acceptors (Lipinski definition) is 3. The summed E-state index contributed by atoms with van der Waals surface area (Å²) in [6, 6.07) is 0. The normalized spacial score (nSPS) is 12.4. The lowest BCUT2D eigenvalue weighted by Gasteiger charge is -2.18. The Labute approximate surface area is 287 Å². The average Bonchev–Trinajstić information content (AvgIpc) is 3.04. The lowest BCUT2D eigenvalue weighted by atomic mass is 10.0. The van der Waals surface area contributed by atoms with Crippen LogP contribution >= 0.6 is 0 Å². The van der Waals surface area contributed by atoms with E-state index in [0.717, 1.165) is 70.6 Å². The van der Waals surface area contributed by atoms with Crippen molar-refractivity contribution in [1.82, 2.24) is 0 Å². The third kappa shape index (κ3) is 36.9. The van der Waals surface area contributed by atoms with E-state index in [1.165, 1.54) is 128 Å². The van der Waals surface area contributed by atoms with E-state index in [1.54, 1.807) is 0 Å². The lowest BCUT2D eigenvalue weighted by Crippen LogP contribution is -2.18. The number of esters is 1. The highest BCUT2D eigenvalue weighted by Gasteiger charge is 2.14. The second-order valence-corrected chi connectivity index (χ2v) is 13.8. The van der Waals surface area contributed by atoms with E-state index >= 15 is 0 Å². The van der Waals surface area contributed by atoms with Crippen molar-refractivity contribution in [2.45, 2.75) is 232 Å². The van der Waals surface area contributed by atoms with Gasteiger partial charge in [0.15, 0.2) is 0 Å². The van der Waals surface area contributed by atoms with Gasteiger partial charge in [0.05, 0.1) is 0 Å². The molecule has 4 nitrogen and oxygen atoms in total. The van der Waals surface area contributed by atoms with Crippen LogP contribution in [0, 0.1) is 0 Å². The van der Waals surface area contributed by atoms with Crippen LogP contribution in [0.5, 0.6) is 0 Å². The van der Waals surface area contributed by atoms with E-state index < -0.39 is 5.97 Å². The Bertz CT molecular complexity index is 698. The number of ether oxygens (including phenoxy) is 1. The SMILES string of the molecule is CCCCCC/C=C\C/C=C\CCCCCCCCCC(=O)OC(CCCCCCCCCCCC)CCCCCCCC(=O)O. The summed E-state index contributed by atoms with van der Waals surface area (Å²) in [7, 11) is 0. The van der Waals surface area contributed by atoms with Gasteiger partial charge in [-0.05, 0) is 70.6 Å². The van der Waals surface area contributed by atoms with Crippen molar-refractivity contribution in [2.75, 3.05) is 0 Å². The molecule has 0 spiro atoms. The van der Waals surface area contributed by atoms with Crippen LogP contribution in [-0.2, 0) is 14.3 Å². The van der Waals surface area contributed by atoms with Crippen LogP contribution < -0.4 is 0 Å². The van der Waals surface area contributed by atoms with E-state index in [2.05, 4.69) is 38.2 Å². The smallest absolute Gasteiger partial charge is 0.306 e. The molecular formula is C42H78O4. The number of allylic oxidation sites excluding steroid dienone is 4. The molecule has 46 heavy (non-hydrogen) atoms. The lowest BCUT2D eigenvalue weighted by molar-refractivity contribution is -0.150. The first-order valence-electron chi connectivity index (χ1n) is 20.3. The van der Waals surface area contributed by atoms with Crippen LogP contribution in [0.2, 0.25) is 0 Å². The third-order valence-electron chi connectivity index (χ3n) is 9.18. The first kappa shape index (κ1) is 44.4. The van der Waals surface area contributed by atoms with Gasteiger partial charge in [-0.2, -0.15) is 0 Å². The van der Waals surface area contributed by atoms with Crippen molar-refractivity contribution in [1.29, 1.82) is 0 Å². The van der Waals surface area contributed by atoms with E-state index in [9.17, 15) is 9.59 Å². The molecule has 0 aromatic carbocycles. The fourth-order valence-corrected chi connectivity index (χ4v) is 6.16. The Morgan fingerprint density at radius 1 is 0.478 bits per heavy atom. The highest BCUT2D eigenvalue weighted by molar-refractivity contribution is 5.69. The molecule has 0 aromatic heterocycles. The zero-order chi connectivity index (χ0) is 33.6. The average molecular weight is 647 g/mol. The van der Waals surface area contributed by atoms with E-state index in [0.29, 0.717) is 6.42 Å². The van der Waals surface area contributed by atoms with Gasteiger partial charge in [-0.25, -0.2) is 0 Å². The molecule has 0 rings (SSSR count). The molecule has 0 heterocycles. The van der Waals surface area contributed by atoms with Gasteiger partial charge in [0.1, 0.15) is 6.10 Å². The van der Waals surface area contributed by atoms with Crippen molar-refractivity contribution in [3.05, 3.63) is 24.3 Å². The maximum atomic E-state index is 12.7. The number of hydrogen-bond donors (Lipinski definition) is 1. The summed E-state index contributed by atoms with van der Waals surface area (Å²) in [5, 5.41) is 8.81. The molecule has 0 aromatic rings. The van der Waals surface area contributed by atoms with Gasteiger partial charge in [-0.15, -0.1) is 0 Å². The van der Waals surface area contributed by atoms with E-state index in [1.807, 2.05) is 0 Å². The van der Waals surface area contributed by atoms with Gasteiger partial charge in [-0.3, -0.25) is 9.59 Å². The monoisotopic (exact) mass is 647 g/mol. The number of carboxylic acids is 1. The summed E-state index contributed by atoms with van der Waals surface area (Å²) in [6.07, 6.45) is 47.7. The highest BCUT2D eigenvalue weighted by Crippen LogP contribution is 2.19. The van der Waals surface area contributed by atoms with Crippen LogP contribution in [0.25, 0.3) is 0 Å². The molecule has 0 aliphatic heterocycles. The predicted molar refractivity (Wildman–Crippen MR) is 200 cm³/mol. The largest absolute Gasteiger partial charge is 0.481 e. The highest BCUT2D eigenvalue weighted by atomic mass is 16.5. The predicted octanol–water partition coefficient (Wildman–Crippen LogP) is 14.0. The van der Waals surface area contributed by atoms with Gasteiger partial charge in [-0.1, -0.05) is 167 Å². The van der Waals surface area contributed by atoms with Crippen LogP contribution in [0.15, 0.2) is 24.3 Å². The van der Waals surface area contributed by atoms with Gasteiger partial charge in [0, 0.05) is 12.8 Å². The van der Waals surface area contributed by atoms with Crippen molar-refractivity contribution < 1.29 is 19.4 Å². The standard InChI is InChI=1S/C42H78O4/c1-3-5-7-9-11-13-15-16-17-18-19-20-21-22-24-26-31-35-39-42(45)46-40(37-33-29-27-30-34-38-41(43)44)36-32-28-25-23-14-12-10-8-6-4-2/h13,15,17-18,40H,3-12,14,16,19-39H2,1-2H3,(H,43,44)/b15-13-,18-17-. The van der Waals surface area contributed by atoms with Crippen molar-refractivity contribution in [2.24, 2.45) is 0 Å². The number of aliphatic carboxylic acids is 1. The first-order valence-corrected chi connectivity index (χ1v) is 20.3. The summed E-state index contributed by atoms with van der Waals surface area (Å²) in [6.45, 7) is 4.53. The van der Waals surface area contributed by atoms with Crippen LogP contribution in [0.1, 0.15) is 226 Å². The molecule has 4 heteroatoms. The molecule has 270 valence electrons. The Balaban J connectivity index is 3.97. The fraction of sp³-hybridized carbons (Fsp3) is 0.857.